The van der Waals surface area contributed by atoms with Crippen molar-refractivity contribution in [1.29, 1.82) is 0 Å². The van der Waals surface area contributed by atoms with Gasteiger partial charge in [0.15, 0.2) is 6.61 Å². The van der Waals surface area contributed by atoms with Gasteiger partial charge < -0.3 is 14.7 Å². The van der Waals surface area contributed by atoms with Crippen LogP contribution in [0.25, 0.3) is 0 Å². The van der Waals surface area contributed by atoms with Crippen LogP contribution in [0.5, 0.6) is 5.75 Å². The average molecular weight is 407 g/mol. The zero-order chi connectivity index (χ0) is 21.3. The highest BCUT2D eigenvalue weighted by Gasteiger charge is 2.11. The van der Waals surface area contributed by atoms with Crippen LogP contribution in [0.15, 0.2) is 78.0 Å². The third-order valence-electron chi connectivity index (χ3n) is 4.43. The second kappa shape index (κ2) is 10.2. The predicted molar refractivity (Wildman–Crippen MR) is 112 cm³/mol. The molecule has 6 heteroatoms. The van der Waals surface area contributed by atoms with Crippen LogP contribution in [0.3, 0.4) is 0 Å². The second-order valence-corrected chi connectivity index (χ2v) is 6.73. The fourth-order valence-electron chi connectivity index (χ4n) is 2.90. The molecule has 0 fully saturated rings. The van der Waals surface area contributed by atoms with Crippen LogP contribution in [-0.4, -0.2) is 23.4 Å². The Morgan fingerprint density at radius 3 is 2.47 bits per heavy atom. The van der Waals surface area contributed by atoms with Crippen molar-refractivity contribution in [1.82, 2.24) is 0 Å². The van der Waals surface area contributed by atoms with Crippen LogP contribution >= 0.6 is 0 Å². The Morgan fingerprint density at radius 1 is 1.03 bits per heavy atom. The summed E-state index contributed by atoms with van der Waals surface area (Å²) in [7, 11) is 0. The molecule has 0 unspecified atom stereocenters. The molecule has 0 bridgehead atoms. The number of hydrogen-bond donors (Lipinski definition) is 1. The largest absolute Gasteiger partial charge is 0.482 e. The summed E-state index contributed by atoms with van der Waals surface area (Å²) in [6.07, 6.45) is 0.521. The number of halogens is 1. The minimum Gasteiger partial charge on any atom is -0.482 e. The number of ether oxygens (including phenoxy) is 1. The Balaban J connectivity index is 1.82. The number of carboxylic acids is 1. The van der Waals surface area contributed by atoms with E-state index in [-0.39, 0.29) is 12.4 Å². The van der Waals surface area contributed by atoms with Crippen molar-refractivity contribution >= 4 is 11.7 Å². The lowest BCUT2D eigenvalue weighted by Gasteiger charge is -2.12. The van der Waals surface area contributed by atoms with Gasteiger partial charge in [-0.15, -0.1) is 0 Å². The Morgan fingerprint density at radius 2 is 1.77 bits per heavy atom. The van der Waals surface area contributed by atoms with Crippen LogP contribution in [-0.2, 0) is 22.7 Å². The maximum absolute atomic E-state index is 13.8. The molecule has 3 aromatic carbocycles. The number of carbonyl (C=O) groups is 1. The van der Waals surface area contributed by atoms with Gasteiger partial charge in [0.25, 0.3) is 0 Å². The number of oxime groups is 1. The first-order chi connectivity index (χ1) is 14.5. The standard InChI is InChI=1S/C24H22FNO4/c1-17-13-19(11-12-23(17)29-16-24(27)28)22(14-18-7-3-2-4-8-18)26-30-15-20-9-5-6-10-21(20)25/h2-13H,14-16H2,1H3,(H,27,28). The number of nitrogens with zero attached hydrogens (tertiary/aromatic N) is 1. The summed E-state index contributed by atoms with van der Waals surface area (Å²) in [5.41, 5.74) is 3.74. The SMILES string of the molecule is Cc1cc(C(Cc2ccccc2)=NOCc2ccccc2F)ccc1OCC(=O)O. The average Bonchev–Trinajstić information content (AvgIpc) is 2.74. The van der Waals surface area contributed by atoms with Crippen molar-refractivity contribution in [2.45, 2.75) is 20.0 Å². The molecule has 0 aliphatic rings. The van der Waals surface area contributed by atoms with Gasteiger partial charge in [0.1, 0.15) is 18.2 Å². The van der Waals surface area contributed by atoms with E-state index in [1.54, 1.807) is 30.3 Å². The van der Waals surface area contributed by atoms with Crippen molar-refractivity contribution in [3.63, 3.8) is 0 Å². The number of aliphatic carboxylic acids is 1. The Bertz CT molecular complexity index is 1030. The maximum Gasteiger partial charge on any atom is 0.341 e. The molecule has 0 saturated carbocycles. The molecule has 0 atom stereocenters. The van der Waals surface area contributed by atoms with Gasteiger partial charge in [-0.1, -0.05) is 53.7 Å². The van der Waals surface area contributed by atoms with Crippen molar-refractivity contribution in [3.05, 3.63) is 101 Å². The molecule has 0 spiro atoms. The third-order valence-corrected chi connectivity index (χ3v) is 4.43. The van der Waals surface area contributed by atoms with E-state index in [9.17, 15) is 9.18 Å². The Labute approximate surface area is 174 Å². The first-order valence-corrected chi connectivity index (χ1v) is 9.44. The van der Waals surface area contributed by atoms with Gasteiger partial charge in [-0.05, 0) is 42.3 Å². The van der Waals surface area contributed by atoms with E-state index in [2.05, 4.69) is 5.16 Å². The molecule has 0 aromatic heterocycles. The molecule has 3 rings (SSSR count). The second-order valence-electron chi connectivity index (χ2n) is 6.73. The number of rotatable bonds is 9. The molecule has 0 aliphatic heterocycles. The van der Waals surface area contributed by atoms with Gasteiger partial charge in [-0.3, -0.25) is 0 Å². The van der Waals surface area contributed by atoms with Crippen molar-refractivity contribution in [3.8, 4) is 5.75 Å². The Hall–Kier alpha value is -3.67. The number of carboxylic acid groups (broad SMARTS) is 1. The molecule has 0 saturated heterocycles. The smallest absolute Gasteiger partial charge is 0.341 e. The van der Waals surface area contributed by atoms with E-state index < -0.39 is 12.6 Å². The summed E-state index contributed by atoms with van der Waals surface area (Å²) >= 11 is 0. The number of hydrogen-bond acceptors (Lipinski definition) is 4. The molecule has 5 nitrogen and oxygen atoms in total. The van der Waals surface area contributed by atoms with E-state index in [4.69, 9.17) is 14.7 Å². The summed E-state index contributed by atoms with van der Waals surface area (Å²) in [5.74, 6) is -0.882. The first-order valence-electron chi connectivity index (χ1n) is 9.44. The fourth-order valence-corrected chi connectivity index (χ4v) is 2.90. The monoisotopic (exact) mass is 407 g/mol. The van der Waals surface area contributed by atoms with Crippen LogP contribution in [0.1, 0.15) is 22.3 Å². The van der Waals surface area contributed by atoms with E-state index in [1.165, 1.54) is 6.07 Å². The van der Waals surface area contributed by atoms with Crippen molar-refractivity contribution in [2.24, 2.45) is 5.16 Å². The van der Waals surface area contributed by atoms with Gasteiger partial charge in [0.05, 0.1) is 5.71 Å². The molecule has 154 valence electrons. The first kappa shape index (κ1) is 21.0. The zero-order valence-electron chi connectivity index (χ0n) is 16.5. The minimum atomic E-state index is -1.04. The number of benzene rings is 3. The highest BCUT2D eigenvalue weighted by molar-refractivity contribution is 6.01. The van der Waals surface area contributed by atoms with E-state index >= 15 is 0 Å². The summed E-state index contributed by atoms with van der Waals surface area (Å²) in [5, 5.41) is 13.1. The molecular weight excluding hydrogens is 385 g/mol. The van der Waals surface area contributed by atoms with Gasteiger partial charge in [0, 0.05) is 17.5 Å². The van der Waals surface area contributed by atoms with Gasteiger partial charge in [0.2, 0.25) is 0 Å². The molecule has 30 heavy (non-hydrogen) atoms. The summed E-state index contributed by atoms with van der Waals surface area (Å²) in [6, 6.07) is 21.6. The molecule has 3 aromatic rings. The molecule has 0 amide bonds. The molecule has 0 aliphatic carbocycles. The van der Waals surface area contributed by atoms with Crippen LogP contribution in [0.2, 0.25) is 0 Å². The molecule has 0 radical (unpaired) electrons. The lowest BCUT2D eigenvalue weighted by molar-refractivity contribution is -0.139. The summed E-state index contributed by atoms with van der Waals surface area (Å²) in [4.78, 5) is 16.2. The molecule has 0 heterocycles. The van der Waals surface area contributed by atoms with Crippen molar-refractivity contribution in [2.75, 3.05) is 6.61 Å². The fraction of sp³-hybridized carbons (Fsp3) is 0.167. The van der Waals surface area contributed by atoms with Gasteiger partial charge >= 0.3 is 5.97 Å². The predicted octanol–water partition coefficient (Wildman–Crippen LogP) is 4.76. The zero-order valence-corrected chi connectivity index (χ0v) is 16.5. The third kappa shape index (κ3) is 5.91. The summed E-state index contributed by atoms with van der Waals surface area (Å²) < 4.78 is 19.1. The lowest BCUT2D eigenvalue weighted by atomic mass is 10.0. The highest BCUT2D eigenvalue weighted by atomic mass is 19.1. The van der Waals surface area contributed by atoms with E-state index in [0.717, 1.165) is 16.7 Å². The van der Waals surface area contributed by atoms with Gasteiger partial charge in [-0.25, -0.2) is 9.18 Å². The highest BCUT2D eigenvalue weighted by Crippen LogP contribution is 2.21. The summed E-state index contributed by atoms with van der Waals surface area (Å²) in [6.45, 7) is 1.45. The molecular formula is C24H22FNO4. The maximum atomic E-state index is 13.8. The Kier molecular flexibility index (Phi) is 7.16. The topological polar surface area (TPSA) is 68.1 Å². The minimum absolute atomic E-state index is 0.0176. The van der Waals surface area contributed by atoms with E-state index in [1.807, 2.05) is 43.3 Å². The normalized spacial score (nSPS) is 11.2. The van der Waals surface area contributed by atoms with E-state index in [0.29, 0.717) is 23.4 Å². The quantitative estimate of drug-likeness (QED) is 0.410. The molecule has 1 N–H and O–H groups in total. The van der Waals surface area contributed by atoms with Crippen LogP contribution < -0.4 is 4.74 Å². The number of aryl methyl sites for hydroxylation is 1. The van der Waals surface area contributed by atoms with Crippen LogP contribution in [0.4, 0.5) is 4.39 Å². The lowest BCUT2D eigenvalue weighted by Crippen LogP contribution is -2.11. The van der Waals surface area contributed by atoms with Crippen LogP contribution in [0, 0.1) is 12.7 Å². The van der Waals surface area contributed by atoms with Crippen molar-refractivity contribution < 1.29 is 23.9 Å². The van der Waals surface area contributed by atoms with Gasteiger partial charge in [-0.2, -0.15) is 0 Å².